The average molecular weight is 169 g/mol. The third kappa shape index (κ3) is 3.14. The van der Waals surface area contributed by atoms with Crippen molar-refractivity contribution in [2.75, 3.05) is 20.6 Å². The molecule has 12 heavy (non-hydrogen) atoms. The largest absolute Gasteiger partial charge is 0.309 e. The maximum Gasteiger partial charge on any atom is -0.00247 e. The van der Waals surface area contributed by atoms with Crippen LogP contribution in [0.15, 0.2) is 0 Å². The lowest BCUT2D eigenvalue weighted by Gasteiger charge is -2.16. The van der Waals surface area contributed by atoms with Crippen molar-refractivity contribution in [1.29, 1.82) is 0 Å². The molecule has 2 atom stereocenters. The third-order valence-electron chi connectivity index (χ3n) is 3.22. The SMILES string of the molecule is CC1CCCC1CCCN(C)C. The Morgan fingerprint density at radius 2 is 2.00 bits per heavy atom. The van der Waals surface area contributed by atoms with E-state index < -0.39 is 0 Å². The van der Waals surface area contributed by atoms with Crippen molar-refractivity contribution >= 4 is 0 Å². The third-order valence-corrected chi connectivity index (χ3v) is 3.22. The summed E-state index contributed by atoms with van der Waals surface area (Å²) < 4.78 is 0. The zero-order valence-electron chi connectivity index (χ0n) is 8.84. The van der Waals surface area contributed by atoms with Gasteiger partial charge in [0.05, 0.1) is 0 Å². The van der Waals surface area contributed by atoms with Crippen LogP contribution in [-0.4, -0.2) is 25.5 Å². The predicted molar refractivity (Wildman–Crippen MR) is 54.3 cm³/mol. The Hall–Kier alpha value is -0.0400. The Kier molecular flexibility index (Phi) is 4.07. The zero-order valence-corrected chi connectivity index (χ0v) is 8.84. The van der Waals surface area contributed by atoms with Crippen LogP contribution in [0.2, 0.25) is 0 Å². The number of rotatable bonds is 4. The van der Waals surface area contributed by atoms with Crippen LogP contribution in [0.1, 0.15) is 39.0 Å². The van der Waals surface area contributed by atoms with Gasteiger partial charge in [-0.25, -0.2) is 0 Å². The van der Waals surface area contributed by atoms with Gasteiger partial charge in [-0.2, -0.15) is 0 Å². The average Bonchev–Trinajstić information content (AvgIpc) is 2.36. The Morgan fingerprint density at radius 1 is 1.25 bits per heavy atom. The van der Waals surface area contributed by atoms with Crippen molar-refractivity contribution < 1.29 is 0 Å². The minimum atomic E-state index is 1.01. The molecule has 1 fully saturated rings. The molecule has 1 aliphatic rings. The lowest BCUT2D eigenvalue weighted by atomic mass is 9.93. The molecule has 72 valence electrons. The van der Waals surface area contributed by atoms with Crippen LogP contribution in [0.25, 0.3) is 0 Å². The maximum absolute atomic E-state index is 2.42. The molecule has 0 spiro atoms. The van der Waals surface area contributed by atoms with Gasteiger partial charge in [0.15, 0.2) is 0 Å². The molecule has 0 aliphatic heterocycles. The van der Waals surface area contributed by atoms with E-state index in [0.29, 0.717) is 0 Å². The van der Waals surface area contributed by atoms with E-state index >= 15 is 0 Å². The fourth-order valence-corrected chi connectivity index (χ4v) is 2.32. The summed E-state index contributed by atoms with van der Waals surface area (Å²) >= 11 is 0. The van der Waals surface area contributed by atoms with Gasteiger partial charge in [0.2, 0.25) is 0 Å². The van der Waals surface area contributed by atoms with E-state index in [1.807, 2.05) is 0 Å². The van der Waals surface area contributed by atoms with E-state index in [4.69, 9.17) is 0 Å². The summed E-state index contributed by atoms with van der Waals surface area (Å²) in [7, 11) is 4.33. The van der Waals surface area contributed by atoms with Crippen molar-refractivity contribution in [3.05, 3.63) is 0 Å². The molecule has 0 saturated heterocycles. The van der Waals surface area contributed by atoms with Crippen LogP contribution in [0.5, 0.6) is 0 Å². The molecule has 0 amide bonds. The van der Waals surface area contributed by atoms with Crippen LogP contribution in [0, 0.1) is 11.8 Å². The van der Waals surface area contributed by atoms with Gasteiger partial charge in [-0.15, -0.1) is 0 Å². The quantitative estimate of drug-likeness (QED) is 0.625. The van der Waals surface area contributed by atoms with Gasteiger partial charge in [-0.05, 0) is 45.3 Å². The van der Waals surface area contributed by atoms with Crippen molar-refractivity contribution in [2.45, 2.75) is 39.0 Å². The van der Waals surface area contributed by atoms with E-state index in [0.717, 1.165) is 11.8 Å². The minimum absolute atomic E-state index is 1.01. The van der Waals surface area contributed by atoms with Crippen LogP contribution in [-0.2, 0) is 0 Å². The van der Waals surface area contributed by atoms with Crippen LogP contribution >= 0.6 is 0 Å². The molecule has 1 aliphatic carbocycles. The molecule has 1 heteroatoms. The lowest BCUT2D eigenvalue weighted by molar-refractivity contribution is 0.334. The maximum atomic E-state index is 2.42. The predicted octanol–water partition coefficient (Wildman–Crippen LogP) is 2.76. The summed E-state index contributed by atoms with van der Waals surface area (Å²) in [5.41, 5.74) is 0. The summed E-state index contributed by atoms with van der Waals surface area (Å²) in [6.07, 6.45) is 7.30. The van der Waals surface area contributed by atoms with Crippen molar-refractivity contribution in [1.82, 2.24) is 4.90 Å². The zero-order chi connectivity index (χ0) is 8.97. The fraction of sp³-hybridized carbons (Fsp3) is 1.00. The van der Waals surface area contributed by atoms with E-state index in [1.54, 1.807) is 0 Å². The summed E-state index contributed by atoms with van der Waals surface area (Å²) in [6, 6.07) is 0. The molecule has 1 saturated carbocycles. The smallest absolute Gasteiger partial charge is 0.00247 e. The van der Waals surface area contributed by atoms with Crippen LogP contribution in [0.3, 0.4) is 0 Å². The molecular weight excluding hydrogens is 146 g/mol. The summed E-state index contributed by atoms with van der Waals surface area (Å²) in [5, 5.41) is 0. The molecule has 0 heterocycles. The van der Waals surface area contributed by atoms with E-state index in [2.05, 4.69) is 25.9 Å². The summed E-state index contributed by atoms with van der Waals surface area (Å²) in [5.74, 6) is 2.05. The Morgan fingerprint density at radius 3 is 2.50 bits per heavy atom. The van der Waals surface area contributed by atoms with Crippen molar-refractivity contribution in [3.8, 4) is 0 Å². The second kappa shape index (κ2) is 4.86. The molecule has 1 nitrogen and oxygen atoms in total. The molecule has 0 aromatic rings. The second-order valence-electron chi connectivity index (χ2n) is 4.61. The van der Waals surface area contributed by atoms with Gasteiger partial charge in [0.1, 0.15) is 0 Å². The van der Waals surface area contributed by atoms with Crippen LogP contribution in [0.4, 0.5) is 0 Å². The highest BCUT2D eigenvalue weighted by atomic mass is 15.0. The van der Waals surface area contributed by atoms with Gasteiger partial charge in [-0.1, -0.05) is 26.2 Å². The first-order valence-electron chi connectivity index (χ1n) is 5.35. The van der Waals surface area contributed by atoms with E-state index in [-0.39, 0.29) is 0 Å². The molecular formula is C11H23N. The van der Waals surface area contributed by atoms with Crippen molar-refractivity contribution in [3.63, 3.8) is 0 Å². The topological polar surface area (TPSA) is 3.24 Å². The molecule has 0 bridgehead atoms. The highest BCUT2D eigenvalue weighted by Crippen LogP contribution is 2.34. The summed E-state index contributed by atoms with van der Waals surface area (Å²) in [6.45, 7) is 3.69. The molecule has 0 N–H and O–H groups in total. The van der Waals surface area contributed by atoms with Gasteiger partial charge < -0.3 is 4.90 Å². The monoisotopic (exact) mass is 169 g/mol. The normalized spacial score (nSPS) is 30.0. The van der Waals surface area contributed by atoms with Crippen molar-refractivity contribution in [2.24, 2.45) is 11.8 Å². The first kappa shape index (κ1) is 10.0. The second-order valence-corrected chi connectivity index (χ2v) is 4.61. The number of nitrogens with zero attached hydrogens (tertiary/aromatic N) is 1. The lowest BCUT2D eigenvalue weighted by Crippen LogP contribution is -2.14. The molecule has 1 rings (SSSR count). The van der Waals surface area contributed by atoms with Gasteiger partial charge in [-0.3, -0.25) is 0 Å². The minimum Gasteiger partial charge on any atom is -0.309 e. The molecule has 2 unspecified atom stereocenters. The Labute approximate surface area is 77.1 Å². The number of hydrogen-bond acceptors (Lipinski definition) is 1. The highest BCUT2D eigenvalue weighted by molar-refractivity contribution is 4.74. The summed E-state index contributed by atoms with van der Waals surface area (Å²) in [4.78, 5) is 2.29. The molecule has 0 aromatic carbocycles. The highest BCUT2D eigenvalue weighted by Gasteiger charge is 2.22. The molecule has 0 aromatic heterocycles. The molecule has 0 radical (unpaired) electrons. The number of hydrogen-bond donors (Lipinski definition) is 0. The van der Waals surface area contributed by atoms with E-state index in [1.165, 1.54) is 38.6 Å². The van der Waals surface area contributed by atoms with Crippen LogP contribution < -0.4 is 0 Å². The van der Waals surface area contributed by atoms with Gasteiger partial charge in [0.25, 0.3) is 0 Å². The van der Waals surface area contributed by atoms with E-state index in [9.17, 15) is 0 Å². The van der Waals surface area contributed by atoms with Gasteiger partial charge >= 0.3 is 0 Å². The first-order valence-corrected chi connectivity index (χ1v) is 5.35. The Balaban J connectivity index is 2.06. The Bertz CT molecular complexity index is 120. The fourth-order valence-electron chi connectivity index (χ4n) is 2.32. The first-order chi connectivity index (χ1) is 5.70. The van der Waals surface area contributed by atoms with Gasteiger partial charge in [0, 0.05) is 0 Å². The standard InChI is InChI=1S/C11H23N/c1-10-6-4-7-11(10)8-5-9-12(2)3/h10-11H,4-9H2,1-3H3.